The SMILES string of the molecule is C[C@H](O)c1ccc(Oc2cccc([N+](=O)[O-])c2Br)c(Cl)c1. The first-order chi connectivity index (χ1) is 9.90. The fourth-order valence-electron chi connectivity index (χ4n) is 1.70. The fourth-order valence-corrected chi connectivity index (χ4v) is 2.41. The molecule has 0 radical (unpaired) electrons. The van der Waals surface area contributed by atoms with Gasteiger partial charge in [-0.25, -0.2) is 0 Å². The minimum atomic E-state index is -0.638. The Bertz CT molecular complexity index is 691. The van der Waals surface area contributed by atoms with Gasteiger partial charge < -0.3 is 9.84 Å². The first-order valence-corrected chi connectivity index (χ1v) is 7.15. The highest BCUT2D eigenvalue weighted by Gasteiger charge is 2.17. The quantitative estimate of drug-likeness (QED) is 0.614. The third-order valence-electron chi connectivity index (χ3n) is 2.80. The number of aliphatic hydroxyl groups excluding tert-OH is 1. The lowest BCUT2D eigenvalue weighted by Gasteiger charge is -2.11. The Kier molecular flexibility index (Phi) is 4.82. The van der Waals surface area contributed by atoms with E-state index in [9.17, 15) is 15.2 Å². The molecule has 7 heteroatoms. The van der Waals surface area contributed by atoms with Crippen molar-refractivity contribution in [3.8, 4) is 11.5 Å². The van der Waals surface area contributed by atoms with Gasteiger partial charge in [-0.1, -0.05) is 23.7 Å². The summed E-state index contributed by atoms with van der Waals surface area (Å²) in [7, 11) is 0. The number of rotatable bonds is 4. The van der Waals surface area contributed by atoms with E-state index in [1.54, 1.807) is 31.2 Å². The molecule has 2 rings (SSSR count). The maximum Gasteiger partial charge on any atom is 0.287 e. The lowest BCUT2D eigenvalue weighted by molar-refractivity contribution is -0.385. The summed E-state index contributed by atoms with van der Waals surface area (Å²) in [5, 5.41) is 20.7. The van der Waals surface area contributed by atoms with Gasteiger partial charge in [-0.3, -0.25) is 10.1 Å². The van der Waals surface area contributed by atoms with Crippen LogP contribution in [0.3, 0.4) is 0 Å². The van der Waals surface area contributed by atoms with Gasteiger partial charge in [-0.2, -0.15) is 0 Å². The highest BCUT2D eigenvalue weighted by Crippen LogP contribution is 2.38. The van der Waals surface area contributed by atoms with Crippen molar-refractivity contribution < 1.29 is 14.8 Å². The Labute approximate surface area is 134 Å². The molecule has 110 valence electrons. The Morgan fingerprint density at radius 2 is 2.05 bits per heavy atom. The molecule has 0 fully saturated rings. The molecular formula is C14H11BrClNO4. The predicted molar refractivity (Wildman–Crippen MR) is 83.0 cm³/mol. The molecule has 2 aromatic carbocycles. The van der Waals surface area contributed by atoms with Gasteiger partial charge in [0, 0.05) is 6.07 Å². The van der Waals surface area contributed by atoms with Crippen LogP contribution in [0.25, 0.3) is 0 Å². The van der Waals surface area contributed by atoms with E-state index in [1.165, 1.54) is 12.1 Å². The number of hydrogen-bond donors (Lipinski definition) is 1. The molecule has 0 aliphatic heterocycles. The second-order valence-electron chi connectivity index (χ2n) is 4.31. The molecule has 0 aliphatic rings. The molecule has 0 spiro atoms. The molecule has 0 bridgehead atoms. The van der Waals surface area contributed by atoms with Crippen molar-refractivity contribution in [3.05, 3.63) is 61.6 Å². The van der Waals surface area contributed by atoms with E-state index in [0.717, 1.165) is 0 Å². The zero-order valence-corrected chi connectivity index (χ0v) is 13.3. The van der Waals surface area contributed by atoms with Crippen LogP contribution in [0.2, 0.25) is 5.02 Å². The smallest absolute Gasteiger partial charge is 0.287 e. The van der Waals surface area contributed by atoms with E-state index in [0.29, 0.717) is 16.3 Å². The Morgan fingerprint density at radius 1 is 1.33 bits per heavy atom. The second kappa shape index (κ2) is 6.43. The maximum atomic E-state index is 10.9. The van der Waals surface area contributed by atoms with Crippen molar-refractivity contribution in [2.45, 2.75) is 13.0 Å². The summed E-state index contributed by atoms with van der Waals surface area (Å²) in [6, 6.07) is 9.36. The summed E-state index contributed by atoms with van der Waals surface area (Å²) >= 11 is 9.24. The van der Waals surface area contributed by atoms with Crippen molar-refractivity contribution in [1.29, 1.82) is 0 Å². The van der Waals surface area contributed by atoms with Crippen LogP contribution in [0.15, 0.2) is 40.9 Å². The number of aliphatic hydroxyl groups is 1. The largest absolute Gasteiger partial charge is 0.454 e. The number of nitrogens with zero attached hydrogens (tertiary/aromatic N) is 1. The standard InChI is InChI=1S/C14H11BrClNO4/c1-8(18)9-5-6-12(10(16)7-9)21-13-4-2-3-11(14(13)15)17(19)20/h2-8,18H,1H3/t8-/m0/s1. The van der Waals surface area contributed by atoms with Crippen molar-refractivity contribution in [2.75, 3.05) is 0 Å². The molecule has 1 N–H and O–H groups in total. The lowest BCUT2D eigenvalue weighted by atomic mass is 10.1. The highest BCUT2D eigenvalue weighted by atomic mass is 79.9. The van der Waals surface area contributed by atoms with Crippen molar-refractivity contribution >= 4 is 33.2 Å². The summed E-state index contributed by atoms with van der Waals surface area (Å²) in [5.74, 6) is 0.637. The summed E-state index contributed by atoms with van der Waals surface area (Å²) in [6.45, 7) is 1.63. The van der Waals surface area contributed by atoms with Gasteiger partial charge in [0.1, 0.15) is 16.0 Å². The van der Waals surface area contributed by atoms with Gasteiger partial charge in [-0.15, -0.1) is 0 Å². The minimum Gasteiger partial charge on any atom is -0.454 e. The van der Waals surface area contributed by atoms with Gasteiger partial charge in [0.05, 0.1) is 16.0 Å². The molecule has 0 saturated carbocycles. The van der Waals surface area contributed by atoms with E-state index < -0.39 is 11.0 Å². The molecule has 0 amide bonds. The molecule has 21 heavy (non-hydrogen) atoms. The monoisotopic (exact) mass is 371 g/mol. The summed E-state index contributed by atoms with van der Waals surface area (Å²) in [5.41, 5.74) is 0.565. The number of halogens is 2. The van der Waals surface area contributed by atoms with Crippen LogP contribution < -0.4 is 4.74 Å². The van der Waals surface area contributed by atoms with E-state index in [2.05, 4.69) is 15.9 Å². The Morgan fingerprint density at radius 3 is 2.62 bits per heavy atom. The van der Waals surface area contributed by atoms with Crippen LogP contribution in [-0.4, -0.2) is 10.0 Å². The van der Waals surface area contributed by atoms with E-state index in [-0.39, 0.29) is 15.9 Å². The molecule has 0 aliphatic carbocycles. The van der Waals surface area contributed by atoms with Crippen molar-refractivity contribution in [2.24, 2.45) is 0 Å². The van der Waals surface area contributed by atoms with Gasteiger partial charge in [-0.05, 0) is 46.6 Å². The summed E-state index contributed by atoms with van der Waals surface area (Å²) in [6.07, 6.45) is -0.638. The van der Waals surface area contributed by atoms with E-state index in [1.807, 2.05) is 0 Å². The minimum absolute atomic E-state index is 0.0933. The number of nitro groups is 1. The molecule has 5 nitrogen and oxygen atoms in total. The van der Waals surface area contributed by atoms with Crippen LogP contribution >= 0.6 is 27.5 Å². The van der Waals surface area contributed by atoms with Crippen LogP contribution in [0.1, 0.15) is 18.6 Å². The first kappa shape index (κ1) is 15.8. The molecule has 1 atom stereocenters. The second-order valence-corrected chi connectivity index (χ2v) is 5.51. The lowest BCUT2D eigenvalue weighted by Crippen LogP contribution is -1.94. The zero-order chi connectivity index (χ0) is 15.6. The Hall–Kier alpha value is -1.63. The van der Waals surface area contributed by atoms with Gasteiger partial charge in [0.25, 0.3) is 5.69 Å². The van der Waals surface area contributed by atoms with Gasteiger partial charge in [0.2, 0.25) is 0 Å². The van der Waals surface area contributed by atoms with Crippen LogP contribution in [0.5, 0.6) is 11.5 Å². The highest BCUT2D eigenvalue weighted by molar-refractivity contribution is 9.10. The molecule has 0 aromatic heterocycles. The summed E-state index contributed by atoms with van der Waals surface area (Å²) in [4.78, 5) is 10.4. The van der Waals surface area contributed by atoms with Crippen LogP contribution in [0.4, 0.5) is 5.69 Å². The summed E-state index contributed by atoms with van der Waals surface area (Å²) < 4.78 is 5.84. The fraction of sp³-hybridized carbons (Fsp3) is 0.143. The first-order valence-electron chi connectivity index (χ1n) is 5.98. The number of nitro benzene ring substituents is 1. The maximum absolute atomic E-state index is 10.9. The predicted octanol–water partition coefficient (Wildman–Crippen LogP) is 4.86. The number of hydrogen-bond acceptors (Lipinski definition) is 4. The van der Waals surface area contributed by atoms with Crippen molar-refractivity contribution in [1.82, 2.24) is 0 Å². The third kappa shape index (κ3) is 3.53. The molecule has 0 unspecified atom stereocenters. The number of ether oxygens (including phenoxy) is 1. The molecular weight excluding hydrogens is 362 g/mol. The normalized spacial score (nSPS) is 12.0. The average Bonchev–Trinajstić information content (AvgIpc) is 2.42. The third-order valence-corrected chi connectivity index (χ3v) is 3.89. The van der Waals surface area contributed by atoms with E-state index >= 15 is 0 Å². The number of benzene rings is 2. The molecule has 2 aromatic rings. The van der Waals surface area contributed by atoms with Crippen LogP contribution in [-0.2, 0) is 0 Å². The topological polar surface area (TPSA) is 72.6 Å². The van der Waals surface area contributed by atoms with Gasteiger partial charge >= 0.3 is 0 Å². The average molecular weight is 373 g/mol. The zero-order valence-electron chi connectivity index (χ0n) is 10.9. The molecule has 0 saturated heterocycles. The van der Waals surface area contributed by atoms with E-state index in [4.69, 9.17) is 16.3 Å². The molecule has 0 heterocycles. The van der Waals surface area contributed by atoms with Gasteiger partial charge in [0.15, 0.2) is 0 Å². The Balaban J connectivity index is 2.35. The van der Waals surface area contributed by atoms with Crippen molar-refractivity contribution in [3.63, 3.8) is 0 Å². The van der Waals surface area contributed by atoms with Crippen LogP contribution in [0, 0.1) is 10.1 Å².